The Morgan fingerprint density at radius 1 is 1.16 bits per heavy atom. The Hall–Kier alpha value is -2.27. The van der Waals surface area contributed by atoms with Crippen LogP contribution in [0.5, 0.6) is 5.75 Å². The maximum Gasteiger partial charge on any atom is 0.237 e. The summed E-state index contributed by atoms with van der Waals surface area (Å²) in [5, 5.41) is 2.68. The summed E-state index contributed by atoms with van der Waals surface area (Å²) < 4.78 is 5.69. The predicted molar refractivity (Wildman–Crippen MR) is 104 cm³/mol. The molecule has 0 saturated heterocycles. The number of Topliss-reactive ketones (excluding diaryl/α,β-unsaturated/α-hetero) is 1. The number of hydrogen-bond acceptors (Lipinski definition) is 4. The van der Waals surface area contributed by atoms with Gasteiger partial charge in [-0.3, -0.25) is 9.59 Å². The molecule has 1 N–H and O–H groups in total. The second-order valence-electron chi connectivity index (χ2n) is 5.80. The lowest BCUT2D eigenvalue weighted by Crippen LogP contribution is -2.23. The number of benzene rings is 2. The molecular weight excluding hydrogens is 334 g/mol. The van der Waals surface area contributed by atoms with Crippen LogP contribution in [0.2, 0.25) is 0 Å². The molecule has 0 aliphatic rings. The quantitative estimate of drug-likeness (QED) is 0.564. The summed E-state index contributed by atoms with van der Waals surface area (Å²) >= 11 is 1.54. The van der Waals surface area contributed by atoms with Gasteiger partial charge in [0.1, 0.15) is 5.75 Å². The molecule has 0 saturated carbocycles. The molecule has 2 rings (SSSR count). The highest BCUT2D eigenvalue weighted by Gasteiger charge is 2.13. The van der Waals surface area contributed by atoms with E-state index in [0.717, 1.165) is 17.1 Å². The van der Waals surface area contributed by atoms with Gasteiger partial charge in [-0.05, 0) is 62.7 Å². The van der Waals surface area contributed by atoms with E-state index in [-0.39, 0.29) is 16.9 Å². The van der Waals surface area contributed by atoms with Crippen molar-refractivity contribution in [3.05, 3.63) is 59.7 Å². The molecule has 0 spiro atoms. The van der Waals surface area contributed by atoms with E-state index in [1.54, 1.807) is 36.0 Å². The zero-order valence-corrected chi connectivity index (χ0v) is 15.6. The number of carbonyl (C=O) groups is 2. The number of anilines is 1. The topological polar surface area (TPSA) is 55.4 Å². The van der Waals surface area contributed by atoms with Crippen LogP contribution in [0.15, 0.2) is 48.5 Å². The van der Waals surface area contributed by atoms with Crippen LogP contribution >= 0.6 is 11.8 Å². The first-order valence-electron chi connectivity index (χ1n) is 8.18. The van der Waals surface area contributed by atoms with Crippen molar-refractivity contribution < 1.29 is 14.3 Å². The van der Waals surface area contributed by atoms with Gasteiger partial charge in [-0.25, -0.2) is 0 Å². The van der Waals surface area contributed by atoms with Gasteiger partial charge < -0.3 is 10.1 Å². The van der Waals surface area contributed by atoms with E-state index in [9.17, 15) is 9.59 Å². The van der Waals surface area contributed by atoms with Crippen LogP contribution in [0.3, 0.4) is 0 Å². The average Bonchev–Trinajstić information content (AvgIpc) is 2.59. The van der Waals surface area contributed by atoms with Crippen LogP contribution in [0, 0.1) is 6.92 Å². The molecule has 0 heterocycles. The first-order valence-corrected chi connectivity index (χ1v) is 9.23. The lowest BCUT2D eigenvalue weighted by Gasteiger charge is -2.13. The lowest BCUT2D eigenvalue weighted by molar-refractivity contribution is -0.115. The highest BCUT2D eigenvalue weighted by Crippen LogP contribution is 2.17. The van der Waals surface area contributed by atoms with Gasteiger partial charge in [0.2, 0.25) is 5.91 Å². The maximum atomic E-state index is 12.2. The zero-order chi connectivity index (χ0) is 18.2. The summed E-state index contributed by atoms with van der Waals surface area (Å²) in [6.07, 6.45) is 0. The molecule has 4 nitrogen and oxygen atoms in total. The minimum absolute atomic E-state index is 0.00964. The Bertz CT molecular complexity index is 728. The van der Waals surface area contributed by atoms with Crippen molar-refractivity contribution in [2.45, 2.75) is 26.0 Å². The minimum atomic E-state index is -0.186. The summed E-state index contributed by atoms with van der Waals surface area (Å²) in [4.78, 5) is 23.5. The van der Waals surface area contributed by atoms with Crippen molar-refractivity contribution in [2.75, 3.05) is 17.7 Å². The summed E-state index contributed by atoms with van der Waals surface area (Å²) in [5.74, 6) is 1.53. The third kappa shape index (κ3) is 6.27. The third-order valence-corrected chi connectivity index (χ3v) is 4.75. The van der Waals surface area contributed by atoms with E-state index >= 15 is 0 Å². The Balaban J connectivity index is 1.73. The van der Waals surface area contributed by atoms with Crippen LogP contribution in [0.4, 0.5) is 5.69 Å². The fraction of sp³-hybridized carbons (Fsp3) is 0.300. The zero-order valence-electron chi connectivity index (χ0n) is 14.7. The highest BCUT2D eigenvalue weighted by molar-refractivity contribution is 8.00. The lowest BCUT2D eigenvalue weighted by atomic mass is 10.1. The monoisotopic (exact) mass is 357 g/mol. The minimum Gasteiger partial charge on any atom is -0.493 e. The first-order chi connectivity index (χ1) is 12.0. The summed E-state index contributed by atoms with van der Waals surface area (Å²) in [5.41, 5.74) is 2.49. The van der Waals surface area contributed by atoms with E-state index in [0.29, 0.717) is 17.9 Å². The largest absolute Gasteiger partial charge is 0.493 e. The van der Waals surface area contributed by atoms with E-state index in [1.165, 1.54) is 6.92 Å². The van der Waals surface area contributed by atoms with Crippen molar-refractivity contribution in [2.24, 2.45) is 0 Å². The van der Waals surface area contributed by atoms with E-state index < -0.39 is 0 Å². The Labute approximate surface area is 153 Å². The van der Waals surface area contributed by atoms with Gasteiger partial charge in [-0.15, -0.1) is 11.8 Å². The first kappa shape index (κ1) is 19.1. The summed E-state index contributed by atoms with van der Waals surface area (Å²) in [6, 6.07) is 14.8. The van der Waals surface area contributed by atoms with Crippen LogP contribution in [-0.4, -0.2) is 29.3 Å². The molecule has 1 unspecified atom stereocenters. The number of thioether (sulfide) groups is 1. The van der Waals surface area contributed by atoms with Crippen molar-refractivity contribution >= 4 is 29.1 Å². The number of nitrogens with one attached hydrogen (secondary N) is 1. The van der Waals surface area contributed by atoms with Gasteiger partial charge in [0.25, 0.3) is 0 Å². The number of amides is 1. The number of rotatable bonds is 8. The Kier molecular flexibility index (Phi) is 7.07. The molecule has 0 bridgehead atoms. The normalized spacial score (nSPS) is 11.6. The van der Waals surface area contributed by atoms with Gasteiger partial charge in [0.05, 0.1) is 11.9 Å². The van der Waals surface area contributed by atoms with E-state index in [4.69, 9.17) is 4.74 Å². The molecule has 25 heavy (non-hydrogen) atoms. The smallest absolute Gasteiger partial charge is 0.237 e. The standard InChI is InChI=1S/C20H23NO3S/c1-14-5-4-6-19(13-14)24-11-12-25-16(3)20(23)21-18-9-7-17(8-10-18)15(2)22/h4-10,13,16H,11-12H2,1-3H3,(H,21,23). The maximum absolute atomic E-state index is 12.2. The van der Waals surface area contributed by atoms with Crippen LogP contribution in [-0.2, 0) is 4.79 Å². The van der Waals surface area contributed by atoms with Crippen LogP contribution < -0.4 is 10.1 Å². The number of ether oxygens (including phenoxy) is 1. The number of aryl methyl sites for hydroxylation is 1. The second kappa shape index (κ2) is 9.28. The van der Waals surface area contributed by atoms with E-state index in [2.05, 4.69) is 5.32 Å². The number of carbonyl (C=O) groups excluding carboxylic acids is 2. The molecule has 2 aromatic rings. The molecule has 0 aliphatic heterocycles. The number of ketones is 1. The SMILES string of the molecule is CC(=O)c1ccc(NC(=O)C(C)SCCOc2cccc(C)c2)cc1. The molecule has 0 aromatic heterocycles. The highest BCUT2D eigenvalue weighted by atomic mass is 32.2. The van der Waals surface area contributed by atoms with E-state index in [1.807, 2.05) is 38.1 Å². The molecule has 0 aliphatic carbocycles. The molecule has 132 valence electrons. The number of hydrogen-bond donors (Lipinski definition) is 1. The Morgan fingerprint density at radius 3 is 2.52 bits per heavy atom. The second-order valence-corrected chi connectivity index (χ2v) is 7.25. The average molecular weight is 357 g/mol. The summed E-state index contributed by atoms with van der Waals surface area (Å²) in [7, 11) is 0. The van der Waals surface area contributed by atoms with Gasteiger partial charge in [0.15, 0.2) is 5.78 Å². The summed E-state index contributed by atoms with van der Waals surface area (Å²) in [6.45, 7) is 5.97. The third-order valence-electron chi connectivity index (χ3n) is 3.64. The van der Waals surface area contributed by atoms with Gasteiger partial charge >= 0.3 is 0 Å². The van der Waals surface area contributed by atoms with Gasteiger partial charge in [0, 0.05) is 17.0 Å². The van der Waals surface area contributed by atoms with Crippen molar-refractivity contribution in [3.63, 3.8) is 0 Å². The molecule has 2 aromatic carbocycles. The Morgan fingerprint density at radius 2 is 1.88 bits per heavy atom. The molecule has 0 radical (unpaired) electrons. The van der Waals surface area contributed by atoms with Gasteiger partial charge in [-0.2, -0.15) is 0 Å². The molecule has 0 fully saturated rings. The molecule has 1 amide bonds. The molecular formula is C20H23NO3S. The van der Waals surface area contributed by atoms with Crippen molar-refractivity contribution in [1.82, 2.24) is 0 Å². The van der Waals surface area contributed by atoms with Crippen LogP contribution in [0.25, 0.3) is 0 Å². The van der Waals surface area contributed by atoms with Crippen molar-refractivity contribution in [3.8, 4) is 5.75 Å². The van der Waals surface area contributed by atoms with Crippen LogP contribution in [0.1, 0.15) is 29.8 Å². The molecule has 5 heteroatoms. The fourth-order valence-electron chi connectivity index (χ4n) is 2.20. The molecule has 1 atom stereocenters. The van der Waals surface area contributed by atoms with Crippen molar-refractivity contribution in [1.29, 1.82) is 0 Å². The van der Waals surface area contributed by atoms with Gasteiger partial charge in [-0.1, -0.05) is 12.1 Å². The fourth-order valence-corrected chi connectivity index (χ4v) is 2.94. The predicted octanol–water partition coefficient (Wildman–Crippen LogP) is 4.34.